The third-order valence-corrected chi connectivity index (χ3v) is 4.87. The smallest absolute Gasteiger partial charge is 0.306 e. The fraction of sp³-hybridized carbons (Fsp3) is 0.533. The first-order valence-corrected chi connectivity index (χ1v) is 7.37. The van der Waals surface area contributed by atoms with Crippen molar-refractivity contribution < 1.29 is 9.90 Å². The summed E-state index contributed by atoms with van der Waals surface area (Å²) in [4.78, 5) is 13.5. The lowest BCUT2D eigenvalue weighted by atomic mass is 9.82. The number of hydrogen-bond acceptors (Lipinski definition) is 2. The van der Waals surface area contributed by atoms with Crippen LogP contribution in [0.5, 0.6) is 0 Å². The van der Waals surface area contributed by atoms with Crippen LogP contribution < -0.4 is 4.90 Å². The van der Waals surface area contributed by atoms with Gasteiger partial charge in [-0.15, -0.1) is 0 Å². The molecule has 4 heteroatoms. The highest BCUT2D eigenvalue weighted by Crippen LogP contribution is 2.36. The standard InChI is InChI=1S/C15H20BrNO2/c1-10-8-12(4-5-13(10)16)17-7-6-11(14(18)19)9-15(17,2)3/h4-5,8,11H,6-7,9H2,1-3H3,(H,18,19). The molecule has 1 aromatic carbocycles. The molecule has 0 radical (unpaired) electrons. The third-order valence-electron chi connectivity index (χ3n) is 3.98. The van der Waals surface area contributed by atoms with Gasteiger partial charge in [-0.1, -0.05) is 15.9 Å². The van der Waals surface area contributed by atoms with Gasteiger partial charge in [0, 0.05) is 22.2 Å². The van der Waals surface area contributed by atoms with Crippen molar-refractivity contribution in [3.8, 4) is 0 Å². The van der Waals surface area contributed by atoms with Crippen LogP contribution in [0, 0.1) is 12.8 Å². The lowest BCUT2D eigenvalue weighted by Crippen LogP contribution is -2.51. The second-order valence-electron chi connectivity index (χ2n) is 5.93. The Kier molecular flexibility index (Phi) is 3.90. The van der Waals surface area contributed by atoms with Crippen LogP contribution in [-0.2, 0) is 4.79 Å². The summed E-state index contributed by atoms with van der Waals surface area (Å²) < 4.78 is 1.11. The van der Waals surface area contributed by atoms with Gasteiger partial charge in [-0.2, -0.15) is 0 Å². The number of benzene rings is 1. The topological polar surface area (TPSA) is 40.5 Å². The zero-order valence-corrected chi connectivity index (χ0v) is 13.2. The molecule has 0 aromatic heterocycles. The summed E-state index contributed by atoms with van der Waals surface area (Å²) in [7, 11) is 0. The fourth-order valence-corrected chi connectivity index (χ4v) is 3.14. The normalized spacial score (nSPS) is 22.3. The molecule has 0 bridgehead atoms. The van der Waals surface area contributed by atoms with Crippen molar-refractivity contribution in [1.82, 2.24) is 0 Å². The van der Waals surface area contributed by atoms with E-state index in [-0.39, 0.29) is 11.5 Å². The molecule has 104 valence electrons. The van der Waals surface area contributed by atoms with Gasteiger partial charge in [-0.3, -0.25) is 4.79 Å². The molecule has 0 aliphatic carbocycles. The Bertz CT molecular complexity index is 499. The molecule has 1 fully saturated rings. The summed E-state index contributed by atoms with van der Waals surface area (Å²) in [5.74, 6) is -0.887. The molecule has 3 nitrogen and oxygen atoms in total. The van der Waals surface area contributed by atoms with Gasteiger partial charge in [-0.25, -0.2) is 0 Å². The molecule has 1 unspecified atom stereocenters. The van der Waals surface area contributed by atoms with Crippen LogP contribution in [-0.4, -0.2) is 23.2 Å². The van der Waals surface area contributed by atoms with Crippen molar-refractivity contribution in [2.24, 2.45) is 5.92 Å². The Morgan fingerprint density at radius 3 is 2.68 bits per heavy atom. The van der Waals surface area contributed by atoms with E-state index in [2.05, 4.69) is 59.8 Å². The summed E-state index contributed by atoms with van der Waals surface area (Å²) in [5, 5.41) is 9.18. The van der Waals surface area contributed by atoms with Crippen molar-refractivity contribution in [3.05, 3.63) is 28.2 Å². The SMILES string of the molecule is Cc1cc(N2CCC(C(=O)O)CC2(C)C)ccc1Br. The van der Waals surface area contributed by atoms with Gasteiger partial charge in [-0.05, 0) is 57.4 Å². The van der Waals surface area contributed by atoms with E-state index in [1.54, 1.807) is 0 Å². The van der Waals surface area contributed by atoms with Crippen LogP contribution in [0.2, 0.25) is 0 Å². The molecule has 1 N–H and O–H groups in total. The number of carbonyl (C=O) groups is 1. The number of piperidine rings is 1. The molecule has 0 amide bonds. The lowest BCUT2D eigenvalue weighted by molar-refractivity contribution is -0.143. The van der Waals surface area contributed by atoms with E-state index in [4.69, 9.17) is 0 Å². The zero-order valence-electron chi connectivity index (χ0n) is 11.6. The molecule has 1 atom stereocenters. The van der Waals surface area contributed by atoms with Crippen molar-refractivity contribution in [2.75, 3.05) is 11.4 Å². The average Bonchev–Trinajstić information content (AvgIpc) is 2.31. The van der Waals surface area contributed by atoms with Crippen molar-refractivity contribution in [2.45, 2.75) is 39.2 Å². The van der Waals surface area contributed by atoms with Crippen molar-refractivity contribution >= 4 is 27.6 Å². The number of anilines is 1. The fourth-order valence-electron chi connectivity index (χ4n) is 2.89. The van der Waals surface area contributed by atoms with Gasteiger partial charge in [0.15, 0.2) is 0 Å². The molecule has 19 heavy (non-hydrogen) atoms. The molecule has 1 heterocycles. The highest BCUT2D eigenvalue weighted by atomic mass is 79.9. The third kappa shape index (κ3) is 2.94. The van der Waals surface area contributed by atoms with Crippen LogP contribution >= 0.6 is 15.9 Å². The number of halogens is 1. The number of carboxylic acid groups (broad SMARTS) is 1. The zero-order chi connectivity index (χ0) is 14.2. The van der Waals surface area contributed by atoms with Crippen LogP contribution in [0.4, 0.5) is 5.69 Å². The highest BCUT2D eigenvalue weighted by molar-refractivity contribution is 9.10. The Morgan fingerprint density at radius 1 is 1.47 bits per heavy atom. The van der Waals surface area contributed by atoms with Crippen molar-refractivity contribution in [3.63, 3.8) is 0 Å². The Labute approximate surface area is 122 Å². The largest absolute Gasteiger partial charge is 0.481 e. The van der Waals surface area contributed by atoms with Gasteiger partial charge in [0.2, 0.25) is 0 Å². The van der Waals surface area contributed by atoms with Gasteiger partial charge < -0.3 is 10.0 Å². The van der Waals surface area contributed by atoms with E-state index in [9.17, 15) is 9.90 Å². The first-order chi connectivity index (χ1) is 8.81. The highest BCUT2D eigenvalue weighted by Gasteiger charge is 2.37. The first-order valence-electron chi connectivity index (χ1n) is 6.58. The quantitative estimate of drug-likeness (QED) is 0.898. The molecule has 1 aliphatic rings. The van der Waals surface area contributed by atoms with Gasteiger partial charge >= 0.3 is 5.97 Å². The minimum atomic E-state index is -0.667. The summed E-state index contributed by atoms with van der Waals surface area (Å²) >= 11 is 3.51. The molecule has 1 aliphatic heterocycles. The first kappa shape index (κ1) is 14.4. The summed E-state index contributed by atoms with van der Waals surface area (Å²) in [6.07, 6.45) is 1.41. The van der Waals surface area contributed by atoms with Gasteiger partial charge in [0.1, 0.15) is 0 Å². The molecular weight excluding hydrogens is 306 g/mol. The van der Waals surface area contributed by atoms with Gasteiger partial charge in [0.05, 0.1) is 5.92 Å². The van der Waals surface area contributed by atoms with E-state index in [1.165, 1.54) is 11.3 Å². The summed E-state index contributed by atoms with van der Waals surface area (Å²) in [6, 6.07) is 6.32. The average molecular weight is 326 g/mol. The van der Waals surface area contributed by atoms with E-state index in [0.29, 0.717) is 12.8 Å². The predicted molar refractivity (Wildman–Crippen MR) is 80.7 cm³/mol. The Hall–Kier alpha value is -1.03. The van der Waals surface area contributed by atoms with Crippen LogP contribution in [0.1, 0.15) is 32.3 Å². The van der Waals surface area contributed by atoms with E-state index >= 15 is 0 Å². The maximum atomic E-state index is 11.2. The number of aliphatic carboxylic acids is 1. The maximum absolute atomic E-state index is 11.2. The number of carboxylic acids is 1. The molecule has 1 aromatic rings. The molecule has 2 rings (SSSR count). The monoisotopic (exact) mass is 325 g/mol. The lowest BCUT2D eigenvalue weighted by Gasteiger charge is -2.46. The van der Waals surface area contributed by atoms with Gasteiger partial charge in [0.25, 0.3) is 0 Å². The van der Waals surface area contributed by atoms with Crippen molar-refractivity contribution in [1.29, 1.82) is 0 Å². The van der Waals surface area contributed by atoms with Crippen LogP contribution in [0.15, 0.2) is 22.7 Å². The Morgan fingerprint density at radius 2 is 2.16 bits per heavy atom. The summed E-state index contributed by atoms with van der Waals surface area (Å²) in [5.41, 5.74) is 2.25. The predicted octanol–water partition coefficient (Wildman–Crippen LogP) is 3.84. The number of aryl methyl sites for hydroxylation is 1. The number of nitrogens with zero attached hydrogens (tertiary/aromatic N) is 1. The maximum Gasteiger partial charge on any atom is 0.306 e. The minimum absolute atomic E-state index is 0.123. The number of rotatable bonds is 2. The van der Waals surface area contributed by atoms with Crippen LogP contribution in [0.25, 0.3) is 0 Å². The molecule has 1 saturated heterocycles. The van der Waals surface area contributed by atoms with E-state index in [0.717, 1.165) is 11.0 Å². The summed E-state index contributed by atoms with van der Waals surface area (Å²) in [6.45, 7) is 7.12. The van der Waals surface area contributed by atoms with Crippen LogP contribution in [0.3, 0.4) is 0 Å². The molecule has 0 saturated carbocycles. The minimum Gasteiger partial charge on any atom is -0.481 e. The second-order valence-corrected chi connectivity index (χ2v) is 6.78. The molecule has 0 spiro atoms. The number of hydrogen-bond donors (Lipinski definition) is 1. The Balaban J connectivity index is 2.25. The van der Waals surface area contributed by atoms with E-state index < -0.39 is 5.97 Å². The molecular formula is C15H20BrNO2. The second kappa shape index (κ2) is 5.16. The van der Waals surface area contributed by atoms with E-state index in [1.807, 2.05) is 0 Å².